The van der Waals surface area contributed by atoms with Gasteiger partial charge in [0.1, 0.15) is 0 Å². The van der Waals surface area contributed by atoms with E-state index in [1.807, 2.05) is 85.1 Å². The van der Waals surface area contributed by atoms with E-state index in [2.05, 4.69) is 89.9 Å². The molecule has 0 N–H and O–H groups in total. The molecule has 0 atom stereocenters. The first-order valence-corrected chi connectivity index (χ1v) is 15.3. The molecule has 0 bridgehead atoms. The molecule has 0 radical (unpaired) electrons. The van der Waals surface area contributed by atoms with Crippen LogP contribution in [-0.4, -0.2) is 19.9 Å². The van der Waals surface area contributed by atoms with Crippen LogP contribution in [0.3, 0.4) is 0 Å². The molecular formula is C42H28N4. The predicted octanol–water partition coefficient (Wildman–Crippen LogP) is 10.4. The Hall–Kier alpha value is -6.26. The summed E-state index contributed by atoms with van der Waals surface area (Å²) < 4.78 is 0. The van der Waals surface area contributed by atoms with Crippen molar-refractivity contribution in [2.24, 2.45) is 0 Å². The molecule has 2 heterocycles. The first kappa shape index (κ1) is 27.3. The van der Waals surface area contributed by atoms with Crippen molar-refractivity contribution in [2.75, 3.05) is 0 Å². The molecule has 0 amide bonds. The van der Waals surface area contributed by atoms with Crippen LogP contribution >= 0.6 is 0 Å². The highest BCUT2D eigenvalue weighted by Gasteiger charge is 2.12. The first-order chi connectivity index (χ1) is 22.8. The highest BCUT2D eigenvalue weighted by Crippen LogP contribution is 2.31. The van der Waals surface area contributed by atoms with Crippen molar-refractivity contribution in [1.29, 1.82) is 0 Å². The zero-order chi connectivity index (χ0) is 30.7. The molecule has 4 heteroatoms. The van der Waals surface area contributed by atoms with Gasteiger partial charge in [-0.05, 0) is 57.3 Å². The molecule has 6 aromatic carbocycles. The van der Waals surface area contributed by atoms with Crippen molar-refractivity contribution in [3.05, 3.63) is 170 Å². The summed E-state index contributed by atoms with van der Waals surface area (Å²) in [5.41, 5.74) is 9.61. The molecule has 4 nitrogen and oxygen atoms in total. The van der Waals surface area contributed by atoms with Crippen LogP contribution in [0, 0.1) is 0 Å². The minimum absolute atomic E-state index is 0.650. The zero-order valence-electron chi connectivity index (χ0n) is 25.0. The Kier molecular flexibility index (Phi) is 7.14. The van der Waals surface area contributed by atoms with Crippen molar-refractivity contribution in [3.8, 4) is 67.7 Å². The summed E-state index contributed by atoms with van der Waals surface area (Å²) in [4.78, 5) is 19.0. The standard InChI is InChI=1S/C42H28N4/c1-3-9-33(10-4-1)40-44-41(34-11-5-2-6-12-34)46-42(45-40)35-22-16-30(17-23-35)37-25-19-31-18-24-36(27-38(31)28-37)29-14-20-32(21-15-29)39-13-7-8-26-43-39/h1-28H. The van der Waals surface area contributed by atoms with Crippen molar-refractivity contribution in [1.82, 2.24) is 19.9 Å². The van der Waals surface area contributed by atoms with Gasteiger partial charge in [0.2, 0.25) is 0 Å². The largest absolute Gasteiger partial charge is 0.256 e. The van der Waals surface area contributed by atoms with Crippen LogP contribution in [0.25, 0.3) is 78.4 Å². The van der Waals surface area contributed by atoms with Gasteiger partial charge in [0.15, 0.2) is 17.5 Å². The van der Waals surface area contributed by atoms with E-state index in [0.29, 0.717) is 17.5 Å². The maximum Gasteiger partial charge on any atom is 0.164 e. The molecule has 216 valence electrons. The van der Waals surface area contributed by atoms with Crippen LogP contribution in [0.5, 0.6) is 0 Å². The number of aromatic nitrogens is 4. The fourth-order valence-electron chi connectivity index (χ4n) is 5.72. The quantitative estimate of drug-likeness (QED) is 0.194. The number of rotatable bonds is 6. The van der Waals surface area contributed by atoms with Crippen LogP contribution in [0.15, 0.2) is 170 Å². The lowest BCUT2D eigenvalue weighted by Crippen LogP contribution is -2.00. The second kappa shape index (κ2) is 12.0. The van der Waals surface area contributed by atoms with Crippen LogP contribution < -0.4 is 0 Å². The minimum Gasteiger partial charge on any atom is -0.256 e. The van der Waals surface area contributed by atoms with Gasteiger partial charge in [0, 0.05) is 28.5 Å². The molecular weight excluding hydrogens is 560 g/mol. The summed E-state index contributed by atoms with van der Waals surface area (Å²) in [6.45, 7) is 0. The lowest BCUT2D eigenvalue weighted by atomic mass is 9.96. The molecule has 0 aliphatic heterocycles. The fourth-order valence-corrected chi connectivity index (χ4v) is 5.72. The molecule has 0 aliphatic carbocycles. The van der Waals surface area contributed by atoms with Crippen molar-refractivity contribution in [3.63, 3.8) is 0 Å². The molecule has 0 unspecified atom stereocenters. The molecule has 2 aromatic heterocycles. The van der Waals surface area contributed by atoms with E-state index < -0.39 is 0 Å². The SMILES string of the molecule is c1ccc(-c2nc(-c3ccccc3)nc(-c3ccc(-c4ccc5ccc(-c6ccc(-c7ccccn7)cc6)cc5c4)cc3)n2)cc1. The molecule has 8 rings (SSSR count). The number of benzene rings is 6. The van der Waals surface area contributed by atoms with Gasteiger partial charge in [-0.25, -0.2) is 15.0 Å². The van der Waals surface area contributed by atoms with Crippen molar-refractivity contribution >= 4 is 10.8 Å². The van der Waals surface area contributed by atoms with Gasteiger partial charge >= 0.3 is 0 Å². The number of fused-ring (bicyclic) bond motifs is 1. The van der Waals surface area contributed by atoms with Gasteiger partial charge in [0.25, 0.3) is 0 Å². The predicted molar refractivity (Wildman–Crippen MR) is 188 cm³/mol. The van der Waals surface area contributed by atoms with E-state index in [1.165, 1.54) is 21.9 Å². The van der Waals surface area contributed by atoms with Gasteiger partial charge in [-0.3, -0.25) is 4.98 Å². The van der Waals surface area contributed by atoms with Crippen molar-refractivity contribution in [2.45, 2.75) is 0 Å². The summed E-state index contributed by atoms with van der Waals surface area (Å²) in [6.07, 6.45) is 1.83. The Morgan fingerprint density at radius 3 is 1.17 bits per heavy atom. The average Bonchev–Trinajstić information content (AvgIpc) is 3.15. The third kappa shape index (κ3) is 5.56. The molecule has 8 aromatic rings. The fraction of sp³-hybridized carbons (Fsp3) is 0. The number of hydrogen-bond acceptors (Lipinski definition) is 4. The summed E-state index contributed by atoms with van der Waals surface area (Å²) in [5, 5.41) is 2.41. The summed E-state index contributed by atoms with van der Waals surface area (Å²) >= 11 is 0. The Morgan fingerprint density at radius 1 is 0.283 bits per heavy atom. The Bertz CT molecular complexity index is 2210. The minimum atomic E-state index is 0.650. The maximum atomic E-state index is 4.88. The third-order valence-electron chi connectivity index (χ3n) is 8.19. The lowest BCUT2D eigenvalue weighted by molar-refractivity contribution is 1.07. The second-order valence-corrected chi connectivity index (χ2v) is 11.2. The summed E-state index contributed by atoms with van der Waals surface area (Å²) in [5.74, 6) is 1.96. The van der Waals surface area contributed by atoms with Gasteiger partial charge in [0.05, 0.1) is 5.69 Å². The molecule has 0 spiro atoms. The number of hydrogen-bond donors (Lipinski definition) is 0. The lowest BCUT2D eigenvalue weighted by Gasteiger charge is -2.10. The first-order valence-electron chi connectivity index (χ1n) is 15.3. The van der Waals surface area contributed by atoms with Gasteiger partial charge in [-0.15, -0.1) is 0 Å². The van der Waals surface area contributed by atoms with E-state index in [4.69, 9.17) is 15.0 Å². The monoisotopic (exact) mass is 588 g/mol. The second-order valence-electron chi connectivity index (χ2n) is 11.2. The van der Waals surface area contributed by atoms with Crippen LogP contribution in [0.1, 0.15) is 0 Å². The van der Waals surface area contributed by atoms with E-state index in [9.17, 15) is 0 Å². The van der Waals surface area contributed by atoms with Crippen LogP contribution in [-0.2, 0) is 0 Å². The smallest absolute Gasteiger partial charge is 0.164 e. The third-order valence-corrected chi connectivity index (χ3v) is 8.19. The Labute approximate surface area is 267 Å². The zero-order valence-corrected chi connectivity index (χ0v) is 25.0. The molecule has 0 aliphatic rings. The molecule has 46 heavy (non-hydrogen) atoms. The van der Waals surface area contributed by atoms with Gasteiger partial charge < -0.3 is 0 Å². The maximum absolute atomic E-state index is 4.88. The number of nitrogens with zero attached hydrogens (tertiary/aromatic N) is 4. The highest BCUT2D eigenvalue weighted by atomic mass is 15.0. The van der Waals surface area contributed by atoms with Crippen LogP contribution in [0.2, 0.25) is 0 Å². The normalized spacial score (nSPS) is 11.0. The van der Waals surface area contributed by atoms with E-state index >= 15 is 0 Å². The van der Waals surface area contributed by atoms with E-state index in [1.54, 1.807) is 0 Å². The van der Waals surface area contributed by atoms with Gasteiger partial charge in [-0.2, -0.15) is 0 Å². The molecule has 0 fully saturated rings. The Morgan fingerprint density at radius 2 is 0.696 bits per heavy atom. The van der Waals surface area contributed by atoms with Crippen LogP contribution in [0.4, 0.5) is 0 Å². The number of pyridine rings is 1. The van der Waals surface area contributed by atoms with Gasteiger partial charge in [-0.1, -0.05) is 140 Å². The summed E-state index contributed by atoms with van der Waals surface area (Å²) in [7, 11) is 0. The topological polar surface area (TPSA) is 51.6 Å². The molecule has 0 saturated carbocycles. The van der Waals surface area contributed by atoms with E-state index in [0.717, 1.165) is 39.1 Å². The summed E-state index contributed by atoms with van der Waals surface area (Å²) in [6, 6.07) is 56.5. The van der Waals surface area contributed by atoms with E-state index in [-0.39, 0.29) is 0 Å². The van der Waals surface area contributed by atoms with Crippen molar-refractivity contribution < 1.29 is 0 Å². The highest BCUT2D eigenvalue weighted by molar-refractivity contribution is 5.91. The average molecular weight is 589 g/mol. The Balaban J connectivity index is 1.11. The molecule has 0 saturated heterocycles.